The van der Waals surface area contributed by atoms with Crippen LogP contribution in [0.2, 0.25) is 0 Å². The highest BCUT2D eigenvalue weighted by Crippen LogP contribution is 2.22. The Balaban J connectivity index is 1.30. The third kappa shape index (κ3) is 5.32. The number of thioether (sulfide) groups is 1. The molecule has 0 aliphatic carbocycles. The summed E-state index contributed by atoms with van der Waals surface area (Å²) in [5.74, 6) is 0.0225. The monoisotopic (exact) mass is 435 g/mol. The van der Waals surface area contributed by atoms with Crippen LogP contribution in [0.3, 0.4) is 0 Å². The summed E-state index contributed by atoms with van der Waals surface area (Å²) < 4.78 is 1.97. The maximum absolute atomic E-state index is 12.3. The number of imide groups is 1. The van der Waals surface area contributed by atoms with E-state index in [1.54, 1.807) is 36.8 Å². The van der Waals surface area contributed by atoms with E-state index in [1.165, 1.54) is 4.90 Å². The van der Waals surface area contributed by atoms with E-state index in [0.29, 0.717) is 18.8 Å². The van der Waals surface area contributed by atoms with Crippen LogP contribution in [0.1, 0.15) is 16.7 Å². The van der Waals surface area contributed by atoms with Crippen LogP contribution in [0.25, 0.3) is 0 Å². The minimum atomic E-state index is -0.313. The Bertz CT molecular complexity index is 1070. The van der Waals surface area contributed by atoms with E-state index >= 15 is 0 Å². The predicted molar refractivity (Wildman–Crippen MR) is 118 cm³/mol. The minimum absolute atomic E-state index is 0.176. The molecule has 1 aliphatic heterocycles. The Morgan fingerprint density at radius 1 is 1.03 bits per heavy atom. The summed E-state index contributed by atoms with van der Waals surface area (Å²) in [5.41, 5.74) is 3.58. The molecule has 9 heteroatoms. The number of nitrogens with zero attached hydrogens (tertiary/aromatic N) is 3. The van der Waals surface area contributed by atoms with Gasteiger partial charge in [-0.15, -0.1) is 0 Å². The number of imidazole rings is 1. The third-order valence-corrected chi connectivity index (χ3v) is 5.72. The largest absolute Gasteiger partial charge is 0.334 e. The molecule has 0 saturated carbocycles. The average Bonchev–Trinajstić information content (AvgIpc) is 3.40. The van der Waals surface area contributed by atoms with Crippen LogP contribution >= 0.6 is 11.8 Å². The van der Waals surface area contributed by atoms with Gasteiger partial charge in [-0.3, -0.25) is 14.5 Å². The number of urea groups is 1. The molecule has 31 heavy (non-hydrogen) atoms. The van der Waals surface area contributed by atoms with Crippen molar-refractivity contribution in [1.29, 1.82) is 0 Å². The fourth-order valence-electron chi connectivity index (χ4n) is 3.22. The summed E-state index contributed by atoms with van der Waals surface area (Å²) in [6.07, 6.45) is 5.39. The number of nitrogens with one attached hydrogen (secondary N) is 2. The maximum atomic E-state index is 12.3. The molecular formula is C22H21N5O3S. The van der Waals surface area contributed by atoms with Crippen LogP contribution in [0.15, 0.2) is 67.3 Å². The van der Waals surface area contributed by atoms with Crippen molar-refractivity contribution < 1.29 is 14.4 Å². The Kier molecular flexibility index (Phi) is 6.32. The van der Waals surface area contributed by atoms with E-state index in [1.807, 2.05) is 35.0 Å². The maximum Gasteiger partial charge on any atom is 0.319 e. The molecule has 3 aromatic rings. The zero-order valence-electron chi connectivity index (χ0n) is 16.7. The van der Waals surface area contributed by atoms with Gasteiger partial charge in [0.2, 0.25) is 5.91 Å². The summed E-state index contributed by atoms with van der Waals surface area (Å²) >= 11 is 1.02. The lowest BCUT2D eigenvalue weighted by atomic mass is 10.1. The van der Waals surface area contributed by atoms with Crippen molar-refractivity contribution in [3.63, 3.8) is 0 Å². The number of rotatable bonds is 7. The fourth-order valence-corrected chi connectivity index (χ4v) is 3.95. The van der Waals surface area contributed by atoms with Crippen LogP contribution in [-0.4, -0.2) is 37.4 Å². The van der Waals surface area contributed by atoms with Crippen LogP contribution in [0, 0.1) is 0 Å². The first kappa shape index (κ1) is 20.7. The predicted octanol–water partition coefficient (Wildman–Crippen LogP) is 3.45. The fraction of sp³-hybridized carbons (Fsp3) is 0.182. The molecule has 2 heterocycles. The normalized spacial score (nSPS) is 13.5. The second kappa shape index (κ2) is 9.48. The molecule has 1 fully saturated rings. The van der Waals surface area contributed by atoms with Gasteiger partial charge in [0.25, 0.3) is 5.24 Å². The molecule has 1 aliphatic rings. The minimum Gasteiger partial charge on any atom is -0.334 e. The van der Waals surface area contributed by atoms with Crippen molar-refractivity contribution in [3.05, 3.63) is 83.9 Å². The van der Waals surface area contributed by atoms with Gasteiger partial charge in [-0.25, -0.2) is 9.78 Å². The molecule has 158 valence electrons. The molecule has 0 bridgehead atoms. The molecule has 0 spiro atoms. The number of amides is 4. The number of hydrogen-bond acceptors (Lipinski definition) is 5. The zero-order chi connectivity index (χ0) is 21.6. The Hall–Kier alpha value is -3.59. The standard InChI is InChI=1S/C22H21N5O3S/c28-20-14-31-22(30)27(20)12-16-5-7-19(8-6-16)25-21(29)24-11-17-3-1-2-4-18(17)13-26-10-9-23-15-26/h1-10,15H,11-14H2,(H2,24,25,29). The van der Waals surface area contributed by atoms with E-state index < -0.39 is 0 Å². The number of carbonyl (C=O) groups is 3. The lowest BCUT2D eigenvalue weighted by Gasteiger charge is -2.14. The Labute approximate surface area is 183 Å². The summed E-state index contributed by atoms with van der Waals surface area (Å²) in [6.45, 7) is 1.32. The molecule has 0 radical (unpaired) electrons. The van der Waals surface area contributed by atoms with Crippen molar-refractivity contribution in [3.8, 4) is 0 Å². The summed E-state index contributed by atoms with van der Waals surface area (Å²) in [5, 5.41) is 5.45. The van der Waals surface area contributed by atoms with Crippen molar-refractivity contribution in [2.75, 3.05) is 11.1 Å². The average molecular weight is 436 g/mol. The molecule has 4 amide bonds. The topological polar surface area (TPSA) is 96.3 Å². The number of hydrogen-bond donors (Lipinski definition) is 2. The van der Waals surface area contributed by atoms with Gasteiger partial charge in [-0.1, -0.05) is 48.2 Å². The van der Waals surface area contributed by atoms with Gasteiger partial charge in [0.05, 0.1) is 18.6 Å². The van der Waals surface area contributed by atoms with Gasteiger partial charge >= 0.3 is 6.03 Å². The number of benzene rings is 2. The second-order valence-corrected chi connectivity index (χ2v) is 7.97. The summed E-state index contributed by atoms with van der Waals surface area (Å²) in [4.78, 5) is 41.0. The molecule has 1 saturated heterocycles. The first-order valence-corrected chi connectivity index (χ1v) is 10.7. The molecule has 1 aromatic heterocycles. The van der Waals surface area contributed by atoms with Gasteiger partial charge in [-0.05, 0) is 28.8 Å². The second-order valence-electron chi connectivity index (χ2n) is 7.04. The number of aromatic nitrogens is 2. The van der Waals surface area contributed by atoms with Crippen molar-refractivity contribution in [1.82, 2.24) is 19.8 Å². The molecule has 0 unspecified atom stereocenters. The van der Waals surface area contributed by atoms with E-state index in [9.17, 15) is 14.4 Å². The highest BCUT2D eigenvalue weighted by Gasteiger charge is 2.29. The van der Waals surface area contributed by atoms with Crippen LogP contribution in [-0.2, 0) is 24.4 Å². The first-order valence-electron chi connectivity index (χ1n) is 9.72. The van der Waals surface area contributed by atoms with Crippen LogP contribution < -0.4 is 10.6 Å². The van der Waals surface area contributed by atoms with Gasteiger partial charge in [0.15, 0.2) is 0 Å². The SMILES string of the molecule is O=C(NCc1ccccc1Cn1ccnc1)Nc1ccc(CN2C(=O)CSC2=O)cc1. The number of anilines is 1. The first-order chi connectivity index (χ1) is 15.1. The van der Waals surface area contributed by atoms with E-state index in [0.717, 1.165) is 28.5 Å². The lowest BCUT2D eigenvalue weighted by molar-refractivity contribution is -0.125. The lowest BCUT2D eigenvalue weighted by Crippen LogP contribution is -2.29. The quantitative estimate of drug-likeness (QED) is 0.593. The highest BCUT2D eigenvalue weighted by molar-refractivity contribution is 8.14. The zero-order valence-corrected chi connectivity index (χ0v) is 17.5. The highest BCUT2D eigenvalue weighted by atomic mass is 32.2. The van der Waals surface area contributed by atoms with E-state index in [4.69, 9.17) is 0 Å². The summed E-state index contributed by atoms with van der Waals surface area (Å²) in [6, 6.07) is 14.7. The van der Waals surface area contributed by atoms with Crippen molar-refractivity contribution >= 4 is 34.6 Å². The van der Waals surface area contributed by atoms with E-state index in [-0.39, 0.29) is 29.5 Å². The molecule has 8 nitrogen and oxygen atoms in total. The molecule has 2 aromatic carbocycles. The van der Waals surface area contributed by atoms with Crippen LogP contribution in [0.5, 0.6) is 0 Å². The third-order valence-electron chi connectivity index (χ3n) is 4.86. The smallest absolute Gasteiger partial charge is 0.319 e. The van der Waals surface area contributed by atoms with Gasteiger partial charge in [-0.2, -0.15) is 0 Å². The molecule has 0 atom stereocenters. The Morgan fingerprint density at radius 2 is 1.81 bits per heavy atom. The molecule has 2 N–H and O–H groups in total. The number of carbonyl (C=O) groups excluding carboxylic acids is 3. The van der Waals surface area contributed by atoms with E-state index in [2.05, 4.69) is 15.6 Å². The van der Waals surface area contributed by atoms with Gasteiger partial charge in [0.1, 0.15) is 0 Å². The molecule has 4 rings (SSSR count). The van der Waals surface area contributed by atoms with Gasteiger partial charge in [0, 0.05) is 31.2 Å². The van der Waals surface area contributed by atoms with Crippen LogP contribution in [0.4, 0.5) is 15.3 Å². The molecular weight excluding hydrogens is 414 g/mol. The summed E-state index contributed by atoms with van der Waals surface area (Å²) in [7, 11) is 0. The Morgan fingerprint density at radius 3 is 2.48 bits per heavy atom. The van der Waals surface area contributed by atoms with Gasteiger partial charge < -0.3 is 15.2 Å². The van der Waals surface area contributed by atoms with Crippen molar-refractivity contribution in [2.24, 2.45) is 0 Å². The van der Waals surface area contributed by atoms with Crippen molar-refractivity contribution in [2.45, 2.75) is 19.6 Å².